The molecule has 0 aliphatic heterocycles. The molecule has 3 aromatic carbocycles. The predicted octanol–water partition coefficient (Wildman–Crippen LogP) is 6.55. The van der Waals surface area contributed by atoms with Crippen molar-refractivity contribution in [1.82, 2.24) is 19.1 Å². The Morgan fingerprint density at radius 3 is 2.53 bits per heavy atom. The van der Waals surface area contributed by atoms with Gasteiger partial charge in [0, 0.05) is 43.5 Å². The first-order chi connectivity index (χ1) is 17.5. The van der Waals surface area contributed by atoms with Gasteiger partial charge in [0.1, 0.15) is 17.4 Å². The molecule has 5 aromatic rings. The van der Waals surface area contributed by atoms with E-state index in [1.54, 1.807) is 12.1 Å². The van der Waals surface area contributed by atoms with Gasteiger partial charge in [0.25, 0.3) is 0 Å². The molecule has 36 heavy (non-hydrogen) atoms. The SMILES string of the molecule is CCCCc1nc2ccc(-c3nccn3C)cc2n1Cc1ccc(-c2ccccc2OC(=O)O)cc1. The van der Waals surface area contributed by atoms with Crippen LogP contribution >= 0.6 is 0 Å². The molecule has 0 unspecified atom stereocenters. The minimum absolute atomic E-state index is 0.321. The monoisotopic (exact) mass is 480 g/mol. The normalized spacial score (nSPS) is 11.2. The lowest BCUT2D eigenvalue weighted by Gasteiger charge is -2.12. The van der Waals surface area contributed by atoms with E-state index in [0.29, 0.717) is 12.3 Å². The highest BCUT2D eigenvalue weighted by molar-refractivity contribution is 5.81. The molecule has 0 saturated carbocycles. The molecule has 0 aliphatic carbocycles. The number of aryl methyl sites for hydroxylation is 2. The van der Waals surface area contributed by atoms with E-state index < -0.39 is 6.16 Å². The van der Waals surface area contributed by atoms with Crippen LogP contribution in [0.5, 0.6) is 5.75 Å². The van der Waals surface area contributed by atoms with Crippen molar-refractivity contribution in [3.63, 3.8) is 0 Å². The second-order valence-electron chi connectivity index (χ2n) is 8.84. The number of unbranched alkanes of at least 4 members (excludes halogenated alkanes) is 1. The Bertz CT molecular complexity index is 1520. The summed E-state index contributed by atoms with van der Waals surface area (Å²) < 4.78 is 9.28. The molecule has 0 atom stereocenters. The molecule has 182 valence electrons. The topological polar surface area (TPSA) is 82.2 Å². The van der Waals surface area contributed by atoms with Crippen LogP contribution in [0.3, 0.4) is 0 Å². The first-order valence-electron chi connectivity index (χ1n) is 12.1. The molecule has 7 heteroatoms. The Labute approximate surface area is 209 Å². The lowest BCUT2D eigenvalue weighted by molar-refractivity contribution is 0.144. The maximum atomic E-state index is 11.1. The van der Waals surface area contributed by atoms with Gasteiger partial charge in [-0.3, -0.25) is 0 Å². The molecule has 0 amide bonds. The van der Waals surface area contributed by atoms with Gasteiger partial charge in [-0.15, -0.1) is 0 Å². The van der Waals surface area contributed by atoms with Crippen molar-refractivity contribution in [2.45, 2.75) is 32.7 Å². The van der Waals surface area contributed by atoms with Crippen LogP contribution in [0.1, 0.15) is 31.2 Å². The van der Waals surface area contributed by atoms with Gasteiger partial charge in [-0.2, -0.15) is 0 Å². The van der Waals surface area contributed by atoms with Crippen LogP contribution in [-0.4, -0.2) is 30.4 Å². The molecule has 0 spiro atoms. The molecular formula is C29H28N4O3. The average molecular weight is 481 g/mol. The quantitative estimate of drug-likeness (QED) is 0.201. The summed E-state index contributed by atoms with van der Waals surface area (Å²) in [7, 11) is 2.00. The highest BCUT2D eigenvalue weighted by Gasteiger charge is 2.14. The summed E-state index contributed by atoms with van der Waals surface area (Å²) in [6, 6.07) is 21.6. The highest BCUT2D eigenvalue weighted by Crippen LogP contribution is 2.31. The fourth-order valence-corrected chi connectivity index (χ4v) is 4.52. The number of imidazole rings is 2. The van der Waals surface area contributed by atoms with Crippen molar-refractivity contribution in [1.29, 1.82) is 0 Å². The largest absolute Gasteiger partial charge is 0.511 e. The van der Waals surface area contributed by atoms with E-state index in [1.165, 1.54) is 0 Å². The molecule has 1 N–H and O–H groups in total. The van der Waals surface area contributed by atoms with Gasteiger partial charge in [-0.25, -0.2) is 14.8 Å². The summed E-state index contributed by atoms with van der Waals surface area (Å²) in [6.07, 6.45) is 5.54. The molecule has 0 bridgehead atoms. The molecule has 2 aromatic heterocycles. The number of carbonyl (C=O) groups is 1. The summed E-state index contributed by atoms with van der Waals surface area (Å²) in [4.78, 5) is 20.6. The number of ether oxygens (including phenoxy) is 1. The lowest BCUT2D eigenvalue weighted by atomic mass is 10.0. The lowest BCUT2D eigenvalue weighted by Crippen LogP contribution is -2.06. The number of fused-ring (bicyclic) bond motifs is 1. The van der Waals surface area contributed by atoms with Crippen LogP contribution < -0.4 is 4.74 Å². The van der Waals surface area contributed by atoms with E-state index in [0.717, 1.165) is 64.2 Å². The molecule has 2 heterocycles. The first kappa shape index (κ1) is 23.4. The fourth-order valence-electron chi connectivity index (χ4n) is 4.52. The minimum atomic E-state index is -1.32. The maximum absolute atomic E-state index is 11.1. The van der Waals surface area contributed by atoms with Crippen LogP contribution in [0.25, 0.3) is 33.5 Å². The van der Waals surface area contributed by atoms with Gasteiger partial charge in [0.15, 0.2) is 0 Å². The Morgan fingerprint density at radius 1 is 1.03 bits per heavy atom. The second-order valence-corrected chi connectivity index (χ2v) is 8.84. The van der Waals surface area contributed by atoms with E-state index in [2.05, 4.69) is 46.8 Å². The minimum Gasteiger partial charge on any atom is -0.449 e. The van der Waals surface area contributed by atoms with Crippen molar-refractivity contribution < 1.29 is 14.6 Å². The number of hydrogen-bond donors (Lipinski definition) is 1. The Hall–Kier alpha value is -4.39. The van der Waals surface area contributed by atoms with Crippen molar-refractivity contribution >= 4 is 17.2 Å². The maximum Gasteiger partial charge on any atom is 0.511 e. The summed E-state index contributed by atoms with van der Waals surface area (Å²) in [5.41, 5.74) is 5.90. The zero-order valence-corrected chi connectivity index (χ0v) is 20.4. The summed E-state index contributed by atoms with van der Waals surface area (Å²) in [5, 5.41) is 9.06. The molecule has 0 aliphatic rings. The molecule has 7 nitrogen and oxygen atoms in total. The number of benzene rings is 3. The molecular weight excluding hydrogens is 452 g/mol. The number of nitrogens with zero attached hydrogens (tertiary/aromatic N) is 4. The van der Waals surface area contributed by atoms with Crippen LogP contribution in [0.4, 0.5) is 4.79 Å². The molecule has 0 radical (unpaired) electrons. The van der Waals surface area contributed by atoms with Gasteiger partial charge < -0.3 is 19.0 Å². The number of para-hydroxylation sites is 1. The average Bonchev–Trinajstić information content (AvgIpc) is 3.46. The van der Waals surface area contributed by atoms with Crippen LogP contribution in [0.2, 0.25) is 0 Å². The predicted molar refractivity (Wildman–Crippen MR) is 140 cm³/mol. The van der Waals surface area contributed by atoms with Crippen LogP contribution in [0, 0.1) is 0 Å². The zero-order valence-electron chi connectivity index (χ0n) is 20.4. The zero-order chi connectivity index (χ0) is 25.1. The Morgan fingerprint density at radius 2 is 1.81 bits per heavy atom. The third-order valence-corrected chi connectivity index (χ3v) is 6.35. The van der Waals surface area contributed by atoms with E-state index in [1.807, 2.05) is 48.3 Å². The number of carboxylic acid groups (broad SMARTS) is 1. The number of hydrogen-bond acceptors (Lipinski definition) is 4. The van der Waals surface area contributed by atoms with Gasteiger partial charge in [0.2, 0.25) is 0 Å². The van der Waals surface area contributed by atoms with Crippen molar-refractivity contribution in [2.24, 2.45) is 7.05 Å². The van der Waals surface area contributed by atoms with E-state index in [-0.39, 0.29) is 0 Å². The summed E-state index contributed by atoms with van der Waals surface area (Å²) in [5.74, 6) is 2.32. The Kier molecular flexibility index (Phi) is 6.54. The molecule has 5 rings (SSSR count). The van der Waals surface area contributed by atoms with Gasteiger partial charge in [0.05, 0.1) is 11.0 Å². The smallest absolute Gasteiger partial charge is 0.449 e. The summed E-state index contributed by atoms with van der Waals surface area (Å²) >= 11 is 0. The van der Waals surface area contributed by atoms with E-state index in [9.17, 15) is 4.79 Å². The standard InChI is InChI=1S/C29H28N4O3/c1-3-4-9-27-31-24-15-14-22(28-30-16-17-32(28)2)18-25(24)33(27)19-20-10-12-21(13-11-20)23-7-5-6-8-26(23)36-29(34)35/h5-8,10-18H,3-4,9,19H2,1-2H3,(H,34,35). The van der Waals surface area contributed by atoms with Crippen molar-refractivity contribution in [2.75, 3.05) is 0 Å². The van der Waals surface area contributed by atoms with Crippen molar-refractivity contribution in [3.8, 4) is 28.3 Å². The second kappa shape index (κ2) is 10.1. The fraction of sp³-hybridized carbons (Fsp3) is 0.207. The molecule has 0 fully saturated rings. The summed E-state index contributed by atoms with van der Waals surface area (Å²) in [6.45, 7) is 2.88. The number of rotatable bonds is 8. The third kappa shape index (κ3) is 4.73. The Balaban J connectivity index is 1.50. The van der Waals surface area contributed by atoms with Crippen molar-refractivity contribution in [3.05, 3.63) is 90.5 Å². The van der Waals surface area contributed by atoms with Crippen LogP contribution in [0.15, 0.2) is 79.1 Å². The van der Waals surface area contributed by atoms with Gasteiger partial charge >= 0.3 is 6.16 Å². The number of aromatic nitrogens is 4. The van der Waals surface area contributed by atoms with Gasteiger partial charge in [-0.1, -0.05) is 55.8 Å². The van der Waals surface area contributed by atoms with E-state index >= 15 is 0 Å². The first-order valence-corrected chi connectivity index (χ1v) is 12.1. The highest BCUT2D eigenvalue weighted by atomic mass is 16.7. The van der Waals surface area contributed by atoms with E-state index in [4.69, 9.17) is 14.8 Å². The molecule has 0 saturated heterocycles. The van der Waals surface area contributed by atoms with Crippen LogP contribution in [-0.2, 0) is 20.0 Å². The van der Waals surface area contributed by atoms with Gasteiger partial charge in [-0.05, 0) is 41.8 Å². The third-order valence-electron chi connectivity index (χ3n) is 6.35.